The maximum atomic E-state index is 12.2. The van der Waals surface area contributed by atoms with Crippen LogP contribution in [0.2, 0.25) is 0 Å². The van der Waals surface area contributed by atoms with Gasteiger partial charge in [-0.15, -0.1) is 11.8 Å². The summed E-state index contributed by atoms with van der Waals surface area (Å²) < 4.78 is 0.478. The van der Waals surface area contributed by atoms with Crippen molar-refractivity contribution in [3.8, 4) is 0 Å². The van der Waals surface area contributed by atoms with Crippen molar-refractivity contribution in [1.29, 1.82) is 0 Å². The number of aromatic nitrogens is 2. The van der Waals surface area contributed by atoms with Gasteiger partial charge >= 0.3 is 0 Å². The Morgan fingerprint density at radius 1 is 1.24 bits per heavy atom. The third-order valence-electron chi connectivity index (χ3n) is 2.49. The summed E-state index contributed by atoms with van der Waals surface area (Å²) in [6.07, 6.45) is 2.00. The van der Waals surface area contributed by atoms with Gasteiger partial charge in [-0.1, -0.05) is 0 Å². The van der Waals surface area contributed by atoms with Crippen LogP contribution in [0, 0.1) is 11.7 Å². The minimum atomic E-state index is -0.0393. The molecule has 0 fully saturated rings. The Balaban J connectivity index is 2.36. The zero-order valence-corrected chi connectivity index (χ0v) is 11.2. The van der Waals surface area contributed by atoms with Gasteiger partial charge in [0.15, 0.2) is 4.77 Å². The number of rotatable bonds is 3. The molecule has 2 aromatic rings. The normalized spacial score (nSPS) is 10.5. The molecule has 5 heteroatoms. The minimum absolute atomic E-state index is 0.0393. The van der Waals surface area contributed by atoms with Crippen LogP contribution in [0.4, 0.5) is 0 Å². The van der Waals surface area contributed by atoms with E-state index in [9.17, 15) is 4.79 Å². The number of carbonyl (C=O) groups excluding carboxylic acids is 1. The van der Waals surface area contributed by atoms with Crippen LogP contribution < -0.4 is 0 Å². The average molecular weight is 264 g/mol. The maximum absolute atomic E-state index is 12.2. The van der Waals surface area contributed by atoms with Gasteiger partial charge in [0.25, 0.3) is 0 Å². The van der Waals surface area contributed by atoms with E-state index in [2.05, 4.69) is 9.97 Å². The molecular weight excluding hydrogens is 252 g/mol. The van der Waals surface area contributed by atoms with Crippen molar-refractivity contribution in [2.75, 3.05) is 6.26 Å². The number of aromatic amines is 2. The van der Waals surface area contributed by atoms with Crippen molar-refractivity contribution in [2.24, 2.45) is 0 Å². The van der Waals surface area contributed by atoms with E-state index in [0.717, 1.165) is 10.6 Å². The summed E-state index contributed by atoms with van der Waals surface area (Å²) in [6.45, 7) is 1.83. The summed E-state index contributed by atoms with van der Waals surface area (Å²) in [7, 11) is 0. The lowest BCUT2D eigenvalue weighted by atomic mass is 10.1. The molecule has 0 saturated carbocycles. The molecule has 0 spiro atoms. The molecule has 0 radical (unpaired) electrons. The molecule has 1 heterocycles. The first-order chi connectivity index (χ1) is 8.11. The van der Waals surface area contributed by atoms with E-state index in [4.69, 9.17) is 12.2 Å². The molecule has 1 aromatic heterocycles. The Labute approximate surface area is 109 Å². The molecule has 3 nitrogen and oxygen atoms in total. The number of imidazole rings is 1. The Morgan fingerprint density at radius 3 is 2.35 bits per heavy atom. The lowest BCUT2D eigenvalue weighted by Gasteiger charge is -2.01. The molecule has 1 aromatic carbocycles. The predicted molar refractivity (Wildman–Crippen MR) is 72.4 cm³/mol. The van der Waals surface area contributed by atoms with Crippen LogP contribution in [0.15, 0.2) is 29.2 Å². The number of thioether (sulfide) groups is 1. The van der Waals surface area contributed by atoms with Crippen molar-refractivity contribution in [3.63, 3.8) is 0 Å². The number of H-pyrrole nitrogens is 2. The summed E-state index contributed by atoms with van der Waals surface area (Å²) in [4.78, 5) is 19.1. The van der Waals surface area contributed by atoms with Gasteiger partial charge in [-0.05, 0) is 49.7 Å². The van der Waals surface area contributed by atoms with E-state index in [1.165, 1.54) is 0 Å². The highest BCUT2D eigenvalue weighted by atomic mass is 32.2. The fourth-order valence-corrected chi connectivity index (χ4v) is 2.25. The number of hydrogen-bond acceptors (Lipinski definition) is 3. The van der Waals surface area contributed by atoms with Crippen LogP contribution in [-0.2, 0) is 0 Å². The summed E-state index contributed by atoms with van der Waals surface area (Å²) in [5.41, 5.74) is 1.97. The Bertz CT molecular complexity index is 596. The number of aryl methyl sites for hydroxylation is 1. The largest absolute Gasteiger partial charge is 0.334 e. The van der Waals surface area contributed by atoms with Crippen molar-refractivity contribution < 1.29 is 4.79 Å². The molecular formula is C12H12N2OS2. The number of carbonyl (C=O) groups is 1. The van der Waals surface area contributed by atoms with E-state index in [1.54, 1.807) is 11.8 Å². The van der Waals surface area contributed by atoms with Gasteiger partial charge in [0.05, 0.1) is 0 Å². The lowest BCUT2D eigenvalue weighted by Crippen LogP contribution is -2.03. The van der Waals surface area contributed by atoms with E-state index >= 15 is 0 Å². The molecule has 0 unspecified atom stereocenters. The van der Waals surface area contributed by atoms with Crippen molar-refractivity contribution >= 4 is 29.8 Å². The second-order valence-electron chi connectivity index (χ2n) is 3.64. The van der Waals surface area contributed by atoms with Gasteiger partial charge < -0.3 is 9.97 Å². The summed E-state index contributed by atoms with van der Waals surface area (Å²) >= 11 is 6.61. The van der Waals surface area contributed by atoms with Crippen molar-refractivity contribution in [1.82, 2.24) is 9.97 Å². The predicted octanol–water partition coefficient (Wildman–Crippen LogP) is 3.33. The Kier molecular flexibility index (Phi) is 3.49. The van der Waals surface area contributed by atoms with Gasteiger partial charge in [0.2, 0.25) is 5.78 Å². The van der Waals surface area contributed by atoms with Crippen LogP contribution in [0.5, 0.6) is 0 Å². The van der Waals surface area contributed by atoms with E-state index in [1.807, 2.05) is 37.4 Å². The summed E-state index contributed by atoms with van der Waals surface area (Å²) in [5.74, 6) is -0.0393. The van der Waals surface area contributed by atoms with Crippen LogP contribution in [-0.4, -0.2) is 22.0 Å². The van der Waals surface area contributed by atoms with Crippen LogP contribution in [0.1, 0.15) is 21.7 Å². The van der Waals surface area contributed by atoms with Gasteiger partial charge in [0.1, 0.15) is 5.69 Å². The smallest absolute Gasteiger partial charge is 0.211 e. The van der Waals surface area contributed by atoms with Gasteiger partial charge in [0, 0.05) is 16.2 Å². The first kappa shape index (κ1) is 12.1. The standard InChI is InChI=1S/C12H12N2OS2/c1-7-10(14-12(16)13-7)11(15)8-3-5-9(17-2)6-4-8/h3-6H,1-2H3,(H2,13,14,16). The monoisotopic (exact) mass is 264 g/mol. The highest BCUT2D eigenvalue weighted by molar-refractivity contribution is 7.98. The molecule has 0 aliphatic heterocycles. The topological polar surface area (TPSA) is 48.6 Å². The summed E-state index contributed by atoms with van der Waals surface area (Å²) in [6, 6.07) is 7.54. The third-order valence-corrected chi connectivity index (χ3v) is 3.44. The third kappa shape index (κ3) is 2.50. The Morgan fingerprint density at radius 2 is 1.88 bits per heavy atom. The molecule has 2 rings (SSSR count). The molecule has 88 valence electrons. The second-order valence-corrected chi connectivity index (χ2v) is 4.92. The molecule has 0 atom stereocenters. The highest BCUT2D eigenvalue weighted by Gasteiger charge is 2.13. The molecule has 2 N–H and O–H groups in total. The van der Waals surface area contributed by atoms with E-state index in [-0.39, 0.29) is 5.78 Å². The fraction of sp³-hybridized carbons (Fsp3) is 0.167. The number of nitrogens with one attached hydrogen (secondary N) is 2. The molecule has 0 saturated heterocycles. The molecule has 0 aliphatic carbocycles. The quantitative estimate of drug-likeness (QED) is 0.508. The van der Waals surface area contributed by atoms with Crippen LogP contribution in [0.3, 0.4) is 0 Å². The molecule has 0 aliphatic rings. The molecule has 17 heavy (non-hydrogen) atoms. The zero-order valence-electron chi connectivity index (χ0n) is 9.53. The first-order valence-electron chi connectivity index (χ1n) is 5.09. The van der Waals surface area contributed by atoms with Gasteiger partial charge in [-0.3, -0.25) is 4.79 Å². The van der Waals surface area contributed by atoms with Gasteiger partial charge in [-0.25, -0.2) is 0 Å². The first-order valence-corrected chi connectivity index (χ1v) is 6.72. The van der Waals surface area contributed by atoms with Crippen LogP contribution in [0.25, 0.3) is 0 Å². The fourth-order valence-electron chi connectivity index (χ4n) is 1.59. The second kappa shape index (κ2) is 4.89. The van der Waals surface area contributed by atoms with Gasteiger partial charge in [-0.2, -0.15) is 0 Å². The zero-order chi connectivity index (χ0) is 12.4. The molecule has 0 amide bonds. The number of benzene rings is 1. The van der Waals surface area contributed by atoms with Crippen LogP contribution >= 0.6 is 24.0 Å². The highest BCUT2D eigenvalue weighted by Crippen LogP contribution is 2.17. The lowest BCUT2D eigenvalue weighted by molar-refractivity contribution is 0.103. The van der Waals surface area contributed by atoms with Crippen molar-refractivity contribution in [2.45, 2.75) is 11.8 Å². The number of hydrogen-bond donors (Lipinski definition) is 2. The minimum Gasteiger partial charge on any atom is -0.334 e. The number of ketones is 1. The average Bonchev–Trinajstić information content (AvgIpc) is 2.68. The Hall–Kier alpha value is -1.33. The van der Waals surface area contributed by atoms with E-state index in [0.29, 0.717) is 16.0 Å². The SMILES string of the molecule is CSc1ccc(C(=O)c2[nH]c(=S)[nH]c2C)cc1. The molecule has 0 bridgehead atoms. The summed E-state index contributed by atoms with van der Waals surface area (Å²) in [5, 5.41) is 0. The van der Waals surface area contributed by atoms with E-state index < -0.39 is 0 Å². The van der Waals surface area contributed by atoms with Crippen molar-refractivity contribution in [3.05, 3.63) is 46.0 Å². The maximum Gasteiger partial charge on any atom is 0.211 e.